The Labute approximate surface area is 166 Å². The smallest absolute Gasteiger partial charge is 0.334 e. The zero-order chi connectivity index (χ0) is 20.3. The number of carbonyl (C=O) groups is 1. The topological polar surface area (TPSA) is 93.8 Å². The maximum atomic E-state index is 13.3. The molecule has 0 aromatic carbocycles. The first-order chi connectivity index (χ1) is 13.3. The van der Waals surface area contributed by atoms with Gasteiger partial charge in [-0.2, -0.15) is 9.36 Å². The molecule has 3 rings (SSSR count). The van der Waals surface area contributed by atoms with Crippen molar-refractivity contribution in [1.82, 2.24) is 39.3 Å². The van der Waals surface area contributed by atoms with Crippen molar-refractivity contribution in [3.63, 3.8) is 0 Å². The van der Waals surface area contributed by atoms with E-state index in [-0.39, 0.29) is 12.1 Å². The number of carbonyl (C=O) groups excluding carboxylic acids is 1. The van der Waals surface area contributed by atoms with Crippen LogP contribution in [0, 0.1) is 5.82 Å². The van der Waals surface area contributed by atoms with E-state index in [4.69, 9.17) is 11.8 Å². The number of pyridine rings is 1. The fourth-order valence-corrected chi connectivity index (χ4v) is 2.49. The molecule has 148 valence electrons. The van der Waals surface area contributed by atoms with Crippen molar-refractivity contribution in [2.75, 3.05) is 13.6 Å². The summed E-state index contributed by atoms with van der Waals surface area (Å²) in [6.45, 7) is 4.25. The third-order valence-electron chi connectivity index (χ3n) is 3.66. The maximum absolute atomic E-state index is 13.3. The predicted octanol–water partition coefficient (Wildman–Crippen LogP) is 2.26. The molecule has 9 nitrogen and oxygen atoms in total. The molecule has 0 saturated carbocycles. The van der Waals surface area contributed by atoms with E-state index in [2.05, 4.69) is 25.5 Å². The standard InChI is InChI=1S/C17H20ClFN8O/c1-11(2)21-17(28)26-9-7-15(24-26)27-16(13-5-4-12(19)10-20-13)22-14(23-27)6-8-25(3)18/h4-5,7,9-11H,6,8H2,1-3H3,(H,21,28). The summed E-state index contributed by atoms with van der Waals surface area (Å²) < 4.78 is 17.4. The van der Waals surface area contributed by atoms with Crippen LogP contribution in [0.4, 0.5) is 9.18 Å². The number of amides is 1. The van der Waals surface area contributed by atoms with Crippen molar-refractivity contribution >= 4 is 17.8 Å². The first-order valence-corrected chi connectivity index (χ1v) is 8.99. The van der Waals surface area contributed by atoms with Crippen molar-refractivity contribution in [2.24, 2.45) is 0 Å². The summed E-state index contributed by atoms with van der Waals surface area (Å²) >= 11 is 5.86. The van der Waals surface area contributed by atoms with E-state index in [1.54, 1.807) is 13.1 Å². The fraction of sp³-hybridized carbons (Fsp3) is 0.353. The zero-order valence-corrected chi connectivity index (χ0v) is 16.4. The number of hydrogen-bond acceptors (Lipinski definition) is 6. The van der Waals surface area contributed by atoms with E-state index in [1.807, 2.05) is 13.8 Å². The molecule has 1 amide bonds. The van der Waals surface area contributed by atoms with E-state index < -0.39 is 5.82 Å². The van der Waals surface area contributed by atoms with Gasteiger partial charge in [-0.3, -0.25) is 0 Å². The van der Waals surface area contributed by atoms with E-state index >= 15 is 0 Å². The monoisotopic (exact) mass is 406 g/mol. The summed E-state index contributed by atoms with van der Waals surface area (Å²) in [7, 11) is 1.73. The summed E-state index contributed by atoms with van der Waals surface area (Å²) in [5.74, 6) is 0.850. The lowest BCUT2D eigenvalue weighted by Crippen LogP contribution is -2.34. The molecule has 1 N–H and O–H groups in total. The number of halogens is 2. The number of nitrogens with zero attached hydrogens (tertiary/aromatic N) is 7. The van der Waals surface area contributed by atoms with Crippen molar-refractivity contribution < 1.29 is 9.18 Å². The Kier molecular flexibility index (Phi) is 6.00. The second-order valence-electron chi connectivity index (χ2n) is 6.43. The molecule has 0 saturated heterocycles. The predicted molar refractivity (Wildman–Crippen MR) is 102 cm³/mol. The molecule has 0 unspecified atom stereocenters. The van der Waals surface area contributed by atoms with E-state index in [9.17, 15) is 9.18 Å². The average molecular weight is 407 g/mol. The van der Waals surface area contributed by atoms with Crippen LogP contribution in [0.3, 0.4) is 0 Å². The van der Waals surface area contributed by atoms with Crippen LogP contribution in [0.2, 0.25) is 0 Å². The fourth-order valence-electron chi connectivity index (χ4n) is 2.40. The minimum atomic E-state index is -0.451. The molecule has 28 heavy (non-hydrogen) atoms. The van der Waals surface area contributed by atoms with Crippen LogP contribution >= 0.6 is 11.8 Å². The van der Waals surface area contributed by atoms with Gasteiger partial charge in [-0.15, -0.1) is 10.2 Å². The van der Waals surface area contributed by atoms with Crippen molar-refractivity contribution in [3.8, 4) is 17.3 Å². The highest BCUT2D eigenvalue weighted by atomic mass is 35.5. The molecular weight excluding hydrogens is 387 g/mol. The lowest BCUT2D eigenvalue weighted by Gasteiger charge is -2.07. The van der Waals surface area contributed by atoms with Gasteiger partial charge in [0, 0.05) is 38.3 Å². The third-order valence-corrected chi connectivity index (χ3v) is 3.83. The summed E-state index contributed by atoms with van der Waals surface area (Å²) in [4.78, 5) is 20.7. The number of hydrogen-bond donors (Lipinski definition) is 1. The van der Waals surface area contributed by atoms with Crippen molar-refractivity contribution in [3.05, 3.63) is 42.2 Å². The van der Waals surface area contributed by atoms with Crippen LogP contribution in [0.15, 0.2) is 30.6 Å². The van der Waals surface area contributed by atoms with Crippen LogP contribution in [0.25, 0.3) is 17.3 Å². The Morgan fingerprint density at radius 2 is 2.11 bits per heavy atom. The number of nitrogens with one attached hydrogen (secondary N) is 1. The van der Waals surface area contributed by atoms with Gasteiger partial charge in [0.1, 0.15) is 11.5 Å². The highest BCUT2D eigenvalue weighted by Crippen LogP contribution is 2.19. The van der Waals surface area contributed by atoms with Crippen LogP contribution in [-0.4, -0.2) is 59.6 Å². The van der Waals surface area contributed by atoms with Gasteiger partial charge in [0.2, 0.25) is 0 Å². The maximum Gasteiger partial charge on any atom is 0.342 e. The molecule has 0 radical (unpaired) electrons. The van der Waals surface area contributed by atoms with Crippen LogP contribution in [-0.2, 0) is 6.42 Å². The third kappa shape index (κ3) is 4.70. The Morgan fingerprint density at radius 3 is 2.75 bits per heavy atom. The molecule has 0 bridgehead atoms. The molecule has 0 aliphatic heterocycles. The van der Waals surface area contributed by atoms with Gasteiger partial charge in [-0.05, 0) is 37.8 Å². The van der Waals surface area contributed by atoms with Crippen molar-refractivity contribution in [1.29, 1.82) is 0 Å². The number of rotatable bonds is 6. The van der Waals surface area contributed by atoms with E-state index in [0.717, 1.165) is 6.20 Å². The Hall–Kier alpha value is -2.85. The van der Waals surface area contributed by atoms with E-state index in [0.29, 0.717) is 36.1 Å². The molecule has 0 aliphatic rings. The van der Waals surface area contributed by atoms with Crippen molar-refractivity contribution in [2.45, 2.75) is 26.3 Å². The molecule has 3 aromatic heterocycles. The zero-order valence-electron chi connectivity index (χ0n) is 15.7. The average Bonchev–Trinajstić information content (AvgIpc) is 3.27. The first kappa shape index (κ1) is 19.9. The summed E-state index contributed by atoms with van der Waals surface area (Å²) in [5, 5.41) is 11.5. The lowest BCUT2D eigenvalue weighted by molar-refractivity contribution is 0.237. The number of likely N-dealkylation sites (N-methyl/N-ethyl adjacent to an activating group) is 1. The van der Waals surface area contributed by atoms with Crippen LogP contribution in [0.1, 0.15) is 19.7 Å². The minimum absolute atomic E-state index is 0.0235. The highest BCUT2D eigenvalue weighted by molar-refractivity contribution is 6.13. The molecule has 0 spiro atoms. The van der Waals surface area contributed by atoms with Crippen LogP contribution < -0.4 is 5.32 Å². The molecule has 3 aromatic rings. The summed E-state index contributed by atoms with van der Waals surface area (Å²) in [6.07, 6.45) is 3.13. The van der Waals surface area contributed by atoms with Crippen LogP contribution in [0.5, 0.6) is 0 Å². The summed E-state index contributed by atoms with van der Waals surface area (Å²) in [5.41, 5.74) is 0.431. The molecule has 0 fully saturated rings. The quantitative estimate of drug-likeness (QED) is 0.631. The lowest BCUT2D eigenvalue weighted by atomic mass is 10.3. The number of aromatic nitrogens is 6. The Balaban J connectivity index is 1.97. The Morgan fingerprint density at radius 1 is 1.32 bits per heavy atom. The normalized spacial score (nSPS) is 11.4. The largest absolute Gasteiger partial charge is 0.342 e. The highest BCUT2D eigenvalue weighted by Gasteiger charge is 2.18. The SMILES string of the molecule is CC(C)NC(=O)n1ccc(-n2nc(CCN(C)Cl)nc2-c2ccc(F)cn2)n1. The van der Waals surface area contributed by atoms with Gasteiger partial charge in [-0.25, -0.2) is 23.6 Å². The van der Waals surface area contributed by atoms with Gasteiger partial charge in [0.25, 0.3) is 0 Å². The molecule has 0 aliphatic carbocycles. The van der Waals surface area contributed by atoms with Gasteiger partial charge >= 0.3 is 6.03 Å². The summed E-state index contributed by atoms with van der Waals surface area (Å²) in [6, 6.07) is 4.06. The van der Waals surface area contributed by atoms with Gasteiger partial charge < -0.3 is 5.32 Å². The minimum Gasteiger partial charge on any atom is -0.334 e. The molecular formula is C17H20ClFN8O. The van der Waals surface area contributed by atoms with Gasteiger partial charge in [-0.1, -0.05) is 0 Å². The first-order valence-electron chi connectivity index (χ1n) is 8.65. The van der Waals surface area contributed by atoms with E-state index in [1.165, 1.54) is 32.1 Å². The van der Waals surface area contributed by atoms with Gasteiger partial charge in [0.15, 0.2) is 17.5 Å². The molecule has 0 atom stereocenters. The second kappa shape index (κ2) is 8.44. The Bertz CT molecular complexity index is 950. The molecule has 3 heterocycles. The van der Waals surface area contributed by atoms with Gasteiger partial charge in [0.05, 0.1) is 6.20 Å². The molecule has 11 heteroatoms. The second-order valence-corrected chi connectivity index (χ2v) is 7.00.